The van der Waals surface area contributed by atoms with E-state index in [1.807, 2.05) is 13.0 Å². The summed E-state index contributed by atoms with van der Waals surface area (Å²) in [4.78, 5) is 23.9. The Balaban J connectivity index is 1.57. The molecule has 0 atom stereocenters. The van der Waals surface area contributed by atoms with E-state index in [9.17, 15) is 13.2 Å². The monoisotopic (exact) mass is 529 g/mol. The highest BCUT2D eigenvalue weighted by molar-refractivity contribution is 7.91. The standard InChI is InChI=1S/C25H24ClN3O4S2/c1-17-7-9-19(10-8-17)35(31,32)14-4-6-22(30)29(16-18-5-3-13-27-15-18)25-28-23-21(33-2)12-11-20(26)24(23)34-25/h3,5,7-13,15H,4,6,14,16H2,1-2H3. The van der Waals surface area contributed by atoms with Crippen LogP contribution in [0.1, 0.15) is 24.0 Å². The Hall–Kier alpha value is -3.01. The molecule has 2 heterocycles. The van der Waals surface area contributed by atoms with Gasteiger partial charge in [-0.2, -0.15) is 0 Å². The summed E-state index contributed by atoms with van der Waals surface area (Å²) in [7, 11) is -1.93. The Bertz CT molecular complexity index is 1440. The largest absolute Gasteiger partial charge is 0.494 e. The molecule has 0 aliphatic rings. The van der Waals surface area contributed by atoms with Gasteiger partial charge in [0.05, 0.1) is 34.0 Å². The van der Waals surface area contributed by atoms with Crippen molar-refractivity contribution >= 4 is 54.0 Å². The molecule has 2 aromatic heterocycles. The maximum atomic E-state index is 13.3. The maximum absolute atomic E-state index is 13.3. The zero-order chi connectivity index (χ0) is 25.0. The van der Waals surface area contributed by atoms with Crippen LogP contribution in [-0.4, -0.2) is 37.2 Å². The molecule has 7 nitrogen and oxygen atoms in total. The van der Waals surface area contributed by atoms with Gasteiger partial charge in [0, 0.05) is 18.8 Å². The summed E-state index contributed by atoms with van der Waals surface area (Å²) in [6.07, 6.45) is 3.58. The van der Waals surface area contributed by atoms with Crippen LogP contribution in [0.2, 0.25) is 5.02 Å². The van der Waals surface area contributed by atoms with E-state index in [1.54, 1.807) is 66.9 Å². The minimum atomic E-state index is -3.48. The fraction of sp³-hybridized carbons (Fsp3) is 0.240. The maximum Gasteiger partial charge on any atom is 0.229 e. The summed E-state index contributed by atoms with van der Waals surface area (Å²) in [6, 6.07) is 13.9. The van der Waals surface area contributed by atoms with Gasteiger partial charge in [0.2, 0.25) is 5.91 Å². The van der Waals surface area contributed by atoms with Crippen molar-refractivity contribution in [3.8, 4) is 5.75 Å². The zero-order valence-electron chi connectivity index (χ0n) is 19.3. The second kappa shape index (κ2) is 10.7. The van der Waals surface area contributed by atoms with Crippen LogP contribution in [0.5, 0.6) is 5.75 Å². The number of fused-ring (bicyclic) bond motifs is 1. The number of hydrogen-bond donors (Lipinski definition) is 0. The second-order valence-electron chi connectivity index (χ2n) is 8.00. The minimum Gasteiger partial charge on any atom is -0.494 e. The molecular weight excluding hydrogens is 506 g/mol. The van der Waals surface area contributed by atoms with Gasteiger partial charge < -0.3 is 4.74 Å². The fourth-order valence-electron chi connectivity index (χ4n) is 3.57. The number of rotatable bonds is 9. The third-order valence-corrected chi connectivity index (χ3v) is 8.80. The molecule has 2 aromatic carbocycles. The van der Waals surface area contributed by atoms with Crippen molar-refractivity contribution < 1.29 is 17.9 Å². The number of amides is 1. The summed E-state index contributed by atoms with van der Waals surface area (Å²) >= 11 is 7.67. The molecule has 0 aliphatic heterocycles. The number of hydrogen-bond acceptors (Lipinski definition) is 7. The molecule has 0 saturated heterocycles. The lowest BCUT2D eigenvalue weighted by atomic mass is 10.2. The number of ether oxygens (including phenoxy) is 1. The number of anilines is 1. The Morgan fingerprint density at radius 3 is 2.60 bits per heavy atom. The molecule has 0 N–H and O–H groups in total. The SMILES string of the molecule is COc1ccc(Cl)c2sc(N(Cc3cccnc3)C(=O)CCCS(=O)(=O)c3ccc(C)cc3)nc12. The normalized spacial score (nSPS) is 11.5. The first-order chi connectivity index (χ1) is 16.8. The van der Waals surface area contributed by atoms with E-state index in [0.717, 1.165) is 11.1 Å². The Morgan fingerprint density at radius 1 is 1.14 bits per heavy atom. The topological polar surface area (TPSA) is 89.5 Å². The molecule has 4 rings (SSSR count). The van der Waals surface area contributed by atoms with Gasteiger partial charge in [-0.15, -0.1) is 0 Å². The van der Waals surface area contributed by atoms with Gasteiger partial charge >= 0.3 is 0 Å². The summed E-state index contributed by atoms with van der Waals surface area (Å²) < 4.78 is 31.5. The predicted octanol–water partition coefficient (Wildman–Crippen LogP) is 5.45. The number of carbonyl (C=O) groups excluding carboxylic acids is 1. The Morgan fingerprint density at radius 2 is 1.91 bits per heavy atom. The quantitative estimate of drug-likeness (QED) is 0.286. The molecule has 0 aliphatic carbocycles. The van der Waals surface area contributed by atoms with E-state index in [-0.39, 0.29) is 35.9 Å². The molecule has 0 unspecified atom stereocenters. The number of sulfone groups is 1. The van der Waals surface area contributed by atoms with Crippen molar-refractivity contribution in [3.05, 3.63) is 77.1 Å². The second-order valence-corrected chi connectivity index (χ2v) is 11.5. The van der Waals surface area contributed by atoms with Crippen LogP contribution in [0, 0.1) is 6.92 Å². The van der Waals surface area contributed by atoms with Gasteiger partial charge in [0.15, 0.2) is 15.0 Å². The first-order valence-corrected chi connectivity index (χ1v) is 13.7. The first kappa shape index (κ1) is 25.1. The molecule has 4 aromatic rings. The van der Waals surface area contributed by atoms with Crippen molar-refractivity contribution in [1.82, 2.24) is 9.97 Å². The van der Waals surface area contributed by atoms with Crippen molar-refractivity contribution in [2.75, 3.05) is 17.8 Å². The van der Waals surface area contributed by atoms with E-state index < -0.39 is 9.84 Å². The fourth-order valence-corrected chi connectivity index (χ4v) is 6.15. The number of carbonyl (C=O) groups is 1. The van der Waals surface area contributed by atoms with Crippen molar-refractivity contribution in [1.29, 1.82) is 0 Å². The van der Waals surface area contributed by atoms with Crippen LogP contribution in [0.15, 0.2) is 65.8 Å². The predicted molar refractivity (Wildman–Crippen MR) is 139 cm³/mol. The molecule has 35 heavy (non-hydrogen) atoms. The van der Waals surface area contributed by atoms with Crippen molar-refractivity contribution in [2.24, 2.45) is 0 Å². The van der Waals surface area contributed by atoms with Gasteiger partial charge in [0.1, 0.15) is 11.3 Å². The molecule has 0 saturated carbocycles. The number of nitrogens with zero attached hydrogens (tertiary/aromatic N) is 3. The molecule has 182 valence electrons. The highest BCUT2D eigenvalue weighted by Crippen LogP contribution is 2.39. The number of thiazole rings is 1. The summed E-state index contributed by atoms with van der Waals surface area (Å²) in [5, 5.41) is 0.976. The molecule has 1 amide bonds. The molecule has 0 bridgehead atoms. The van der Waals surface area contributed by atoms with Gasteiger partial charge in [-0.1, -0.05) is 46.7 Å². The van der Waals surface area contributed by atoms with E-state index in [1.165, 1.54) is 11.3 Å². The summed E-state index contributed by atoms with van der Waals surface area (Å²) in [6.45, 7) is 2.15. The van der Waals surface area contributed by atoms with Crippen LogP contribution < -0.4 is 9.64 Å². The highest BCUT2D eigenvalue weighted by atomic mass is 35.5. The molecule has 0 fully saturated rings. The lowest BCUT2D eigenvalue weighted by Crippen LogP contribution is -2.30. The third-order valence-electron chi connectivity index (χ3n) is 5.45. The minimum absolute atomic E-state index is 0.0478. The van der Waals surface area contributed by atoms with Gasteiger partial charge in [0.25, 0.3) is 0 Å². The number of benzene rings is 2. The number of aryl methyl sites for hydroxylation is 1. The lowest BCUT2D eigenvalue weighted by Gasteiger charge is -2.20. The van der Waals surface area contributed by atoms with Gasteiger partial charge in [-0.3, -0.25) is 14.7 Å². The first-order valence-electron chi connectivity index (χ1n) is 10.9. The smallest absolute Gasteiger partial charge is 0.229 e. The van der Waals surface area contributed by atoms with Crippen molar-refractivity contribution in [3.63, 3.8) is 0 Å². The Labute approximate surface area is 213 Å². The van der Waals surface area contributed by atoms with E-state index in [4.69, 9.17) is 16.3 Å². The lowest BCUT2D eigenvalue weighted by molar-refractivity contribution is -0.118. The van der Waals surface area contributed by atoms with Crippen LogP contribution in [0.3, 0.4) is 0 Å². The number of methoxy groups -OCH3 is 1. The highest BCUT2D eigenvalue weighted by Gasteiger charge is 2.23. The molecule has 10 heteroatoms. The van der Waals surface area contributed by atoms with Crippen LogP contribution in [-0.2, 0) is 21.2 Å². The number of aromatic nitrogens is 2. The number of halogens is 1. The van der Waals surface area contributed by atoms with Crippen LogP contribution in [0.25, 0.3) is 10.2 Å². The van der Waals surface area contributed by atoms with E-state index in [0.29, 0.717) is 26.1 Å². The molecular formula is C25H24ClN3O4S2. The number of pyridine rings is 1. The van der Waals surface area contributed by atoms with Crippen LogP contribution in [0.4, 0.5) is 5.13 Å². The van der Waals surface area contributed by atoms with Gasteiger partial charge in [-0.25, -0.2) is 13.4 Å². The Kier molecular flexibility index (Phi) is 7.69. The van der Waals surface area contributed by atoms with E-state index >= 15 is 0 Å². The van der Waals surface area contributed by atoms with Crippen LogP contribution >= 0.6 is 22.9 Å². The third kappa shape index (κ3) is 5.80. The average Bonchev–Trinajstić information content (AvgIpc) is 3.30. The summed E-state index contributed by atoms with van der Waals surface area (Å²) in [5.41, 5.74) is 2.38. The van der Waals surface area contributed by atoms with Crippen molar-refractivity contribution in [2.45, 2.75) is 31.2 Å². The summed E-state index contributed by atoms with van der Waals surface area (Å²) in [5.74, 6) is 0.203. The average molecular weight is 530 g/mol. The molecule has 0 radical (unpaired) electrons. The van der Waals surface area contributed by atoms with Gasteiger partial charge in [-0.05, 0) is 49.2 Å². The zero-order valence-corrected chi connectivity index (χ0v) is 21.7. The van der Waals surface area contributed by atoms with E-state index in [2.05, 4.69) is 9.97 Å². The molecule has 0 spiro atoms.